The molecule has 0 unspecified atom stereocenters. The fraction of sp³-hybridized carbons (Fsp3) is 0. The highest BCUT2D eigenvalue weighted by atomic mass is 16.3. The second kappa shape index (κ2) is 4.84. The minimum absolute atomic E-state index is 0.134. The Kier molecular flexibility index (Phi) is 2.88. The van der Waals surface area contributed by atoms with E-state index in [4.69, 9.17) is 0 Å². The first kappa shape index (κ1) is 11.9. The lowest BCUT2D eigenvalue weighted by Crippen LogP contribution is -2.01. The number of hydrogen-bond donors (Lipinski definition) is 2. The third-order valence-corrected chi connectivity index (χ3v) is 2.41. The first-order valence-corrected chi connectivity index (χ1v) is 5.62. The Labute approximate surface area is 112 Å². The van der Waals surface area contributed by atoms with Crippen molar-refractivity contribution >= 4 is 0 Å². The average molecular weight is 268 g/mol. The van der Waals surface area contributed by atoms with E-state index in [-0.39, 0.29) is 23.4 Å². The molecule has 0 spiro atoms. The minimum atomic E-state index is -0.134. The SMILES string of the molecule is Oc1cccc(-c2nnc(-c3cccc(O)n3)nn2)n1. The third kappa shape index (κ3) is 2.34. The van der Waals surface area contributed by atoms with E-state index in [1.54, 1.807) is 24.3 Å². The molecule has 0 fully saturated rings. The molecule has 0 aliphatic rings. The zero-order valence-corrected chi connectivity index (χ0v) is 10.0. The predicted octanol–water partition coefficient (Wildman–Crippen LogP) is 0.802. The Hall–Kier alpha value is -3.16. The van der Waals surface area contributed by atoms with E-state index in [0.29, 0.717) is 11.4 Å². The summed E-state index contributed by atoms with van der Waals surface area (Å²) in [7, 11) is 0. The summed E-state index contributed by atoms with van der Waals surface area (Å²) in [4.78, 5) is 7.71. The van der Waals surface area contributed by atoms with Crippen molar-refractivity contribution in [1.29, 1.82) is 0 Å². The number of nitrogens with zero attached hydrogens (tertiary/aromatic N) is 6. The molecule has 8 nitrogen and oxygen atoms in total. The summed E-state index contributed by atoms with van der Waals surface area (Å²) in [5.41, 5.74) is 0.723. The van der Waals surface area contributed by atoms with Crippen molar-refractivity contribution in [2.24, 2.45) is 0 Å². The van der Waals surface area contributed by atoms with Crippen molar-refractivity contribution < 1.29 is 10.2 Å². The summed E-state index contributed by atoms with van der Waals surface area (Å²) in [6.45, 7) is 0. The maximum Gasteiger partial charge on any atom is 0.222 e. The van der Waals surface area contributed by atoms with Crippen LogP contribution in [-0.2, 0) is 0 Å². The summed E-state index contributed by atoms with van der Waals surface area (Å²) in [5, 5.41) is 34.1. The van der Waals surface area contributed by atoms with Crippen LogP contribution in [0.2, 0.25) is 0 Å². The Balaban J connectivity index is 1.96. The van der Waals surface area contributed by atoms with Crippen LogP contribution in [-0.4, -0.2) is 40.6 Å². The Morgan fingerprint density at radius 3 is 1.35 bits per heavy atom. The molecule has 0 radical (unpaired) electrons. The van der Waals surface area contributed by atoms with Crippen LogP contribution in [0.3, 0.4) is 0 Å². The van der Waals surface area contributed by atoms with Gasteiger partial charge in [-0.1, -0.05) is 12.1 Å². The van der Waals surface area contributed by atoms with Crippen LogP contribution in [0.15, 0.2) is 36.4 Å². The fourth-order valence-corrected chi connectivity index (χ4v) is 1.53. The Morgan fingerprint density at radius 1 is 0.600 bits per heavy atom. The molecule has 8 heteroatoms. The number of hydrogen-bond acceptors (Lipinski definition) is 8. The molecule has 0 aromatic carbocycles. The molecule has 3 aromatic heterocycles. The van der Waals surface area contributed by atoms with Crippen LogP contribution in [0.5, 0.6) is 11.8 Å². The molecule has 3 rings (SSSR count). The van der Waals surface area contributed by atoms with Crippen LogP contribution in [0.25, 0.3) is 23.0 Å². The topological polar surface area (TPSA) is 118 Å². The van der Waals surface area contributed by atoms with Crippen LogP contribution >= 0.6 is 0 Å². The van der Waals surface area contributed by atoms with Gasteiger partial charge in [0.15, 0.2) is 0 Å². The largest absolute Gasteiger partial charge is 0.493 e. The van der Waals surface area contributed by atoms with Crippen molar-refractivity contribution in [2.75, 3.05) is 0 Å². The van der Waals surface area contributed by atoms with Gasteiger partial charge in [0.1, 0.15) is 11.4 Å². The molecule has 0 saturated carbocycles. The summed E-state index contributed by atoms with van der Waals surface area (Å²) < 4.78 is 0. The number of aromatic nitrogens is 6. The molecular weight excluding hydrogens is 260 g/mol. The Bertz CT molecular complexity index is 682. The quantitative estimate of drug-likeness (QED) is 0.700. The highest BCUT2D eigenvalue weighted by molar-refractivity contribution is 5.51. The van der Waals surface area contributed by atoms with Crippen molar-refractivity contribution in [3.63, 3.8) is 0 Å². The summed E-state index contributed by atoms with van der Waals surface area (Å²) in [5.74, 6) is 0.101. The second-order valence-electron chi connectivity index (χ2n) is 3.81. The smallest absolute Gasteiger partial charge is 0.222 e. The van der Waals surface area contributed by atoms with Gasteiger partial charge in [0.2, 0.25) is 23.4 Å². The van der Waals surface area contributed by atoms with Crippen molar-refractivity contribution in [2.45, 2.75) is 0 Å². The molecule has 3 aromatic rings. The molecule has 0 bridgehead atoms. The first-order chi connectivity index (χ1) is 9.72. The van der Waals surface area contributed by atoms with Gasteiger partial charge < -0.3 is 10.2 Å². The van der Waals surface area contributed by atoms with Gasteiger partial charge in [-0.3, -0.25) is 0 Å². The number of rotatable bonds is 2. The van der Waals surface area contributed by atoms with Gasteiger partial charge >= 0.3 is 0 Å². The summed E-state index contributed by atoms with van der Waals surface area (Å²) in [6, 6.07) is 9.37. The van der Waals surface area contributed by atoms with E-state index in [9.17, 15) is 10.2 Å². The highest BCUT2D eigenvalue weighted by Gasteiger charge is 2.09. The Morgan fingerprint density at radius 2 is 1.00 bits per heavy atom. The van der Waals surface area contributed by atoms with Gasteiger partial charge in [0.05, 0.1) is 0 Å². The van der Waals surface area contributed by atoms with E-state index < -0.39 is 0 Å². The van der Waals surface area contributed by atoms with Crippen LogP contribution in [0.4, 0.5) is 0 Å². The monoisotopic (exact) mass is 268 g/mol. The lowest BCUT2D eigenvalue weighted by atomic mass is 10.3. The zero-order chi connectivity index (χ0) is 13.9. The molecule has 0 atom stereocenters. The molecule has 3 heterocycles. The van der Waals surface area contributed by atoms with Crippen molar-refractivity contribution in [3.8, 4) is 34.8 Å². The minimum Gasteiger partial charge on any atom is -0.493 e. The maximum atomic E-state index is 9.29. The van der Waals surface area contributed by atoms with Gasteiger partial charge in [-0.2, -0.15) is 0 Å². The molecule has 98 valence electrons. The fourth-order valence-electron chi connectivity index (χ4n) is 1.53. The third-order valence-electron chi connectivity index (χ3n) is 2.41. The molecule has 0 aliphatic heterocycles. The van der Waals surface area contributed by atoms with Crippen LogP contribution in [0, 0.1) is 0 Å². The maximum absolute atomic E-state index is 9.29. The van der Waals surface area contributed by atoms with Gasteiger partial charge in [-0.15, -0.1) is 20.4 Å². The molecule has 0 aliphatic carbocycles. The standard InChI is InChI=1S/C12H8N6O2/c19-9-5-1-3-7(13-9)11-15-17-12(18-16-11)8-4-2-6-10(20)14-8/h1-6H,(H,13,19)(H,14,20). The van der Waals surface area contributed by atoms with Gasteiger partial charge in [-0.05, 0) is 12.1 Å². The van der Waals surface area contributed by atoms with Crippen LogP contribution in [0.1, 0.15) is 0 Å². The first-order valence-electron chi connectivity index (χ1n) is 5.62. The van der Waals surface area contributed by atoms with E-state index in [1.807, 2.05) is 0 Å². The number of aromatic hydroxyl groups is 2. The van der Waals surface area contributed by atoms with Gasteiger partial charge in [0, 0.05) is 12.1 Å². The molecule has 2 N–H and O–H groups in total. The van der Waals surface area contributed by atoms with Crippen molar-refractivity contribution in [3.05, 3.63) is 36.4 Å². The number of pyridine rings is 2. The molecule has 20 heavy (non-hydrogen) atoms. The highest BCUT2D eigenvalue weighted by Crippen LogP contribution is 2.16. The van der Waals surface area contributed by atoms with Crippen molar-refractivity contribution in [1.82, 2.24) is 30.4 Å². The van der Waals surface area contributed by atoms with Gasteiger partial charge in [-0.25, -0.2) is 9.97 Å². The lowest BCUT2D eigenvalue weighted by molar-refractivity contribution is 0.453. The van der Waals surface area contributed by atoms with E-state index in [0.717, 1.165) is 0 Å². The van der Waals surface area contributed by atoms with Crippen LogP contribution < -0.4 is 0 Å². The van der Waals surface area contributed by atoms with E-state index in [1.165, 1.54) is 12.1 Å². The van der Waals surface area contributed by atoms with E-state index >= 15 is 0 Å². The van der Waals surface area contributed by atoms with Gasteiger partial charge in [0.25, 0.3) is 0 Å². The molecule has 0 saturated heterocycles. The lowest BCUT2D eigenvalue weighted by Gasteiger charge is -2.00. The average Bonchev–Trinajstić information content (AvgIpc) is 2.47. The normalized spacial score (nSPS) is 10.4. The van der Waals surface area contributed by atoms with E-state index in [2.05, 4.69) is 30.4 Å². The second-order valence-corrected chi connectivity index (χ2v) is 3.81. The molecule has 0 amide bonds. The molecular formula is C12H8N6O2. The zero-order valence-electron chi connectivity index (χ0n) is 10.0. The summed E-state index contributed by atoms with van der Waals surface area (Å²) in [6.07, 6.45) is 0. The summed E-state index contributed by atoms with van der Waals surface area (Å²) >= 11 is 0. The predicted molar refractivity (Wildman–Crippen MR) is 67.4 cm³/mol.